The summed E-state index contributed by atoms with van der Waals surface area (Å²) in [5, 5.41) is 8.31. The molecule has 0 aliphatic rings. The third-order valence-corrected chi connectivity index (χ3v) is 3.29. The van der Waals surface area contributed by atoms with Gasteiger partial charge in [-0.05, 0) is 13.3 Å². The lowest BCUT2D eigenvalue weighted by Gasteiger charge is -2.10. The summed E-state index contributed by atoms with van der Waals surface area (Å²) in [7, 11) is -2.51. The third kappa shape index (κ3) is 6.38. The molecule has 1 unspecified atom stereocenters. The van der Waals surface area contributed by atoms with Gasteiger partial charge in [0.2, 0.25) is 0 Å². The maximum Gasteiger partial charge on any atom is 0.303 e. The van der Waals surface area contributed by atoms with Crippen molar-refractivity contribution in [1.29, 1.82) is 0 Å². The maximum atomic E-state index is 11.4. The quantitative estimate of drug-likeness (QED) is 0.655. The summed E-state index contributed by atoms with van der Waals surface area (Å²) in [6, 6.07) is 0. The van der Waals surface area contributed by atoms with Crippen LogP contribution in [-0.4, -0.2) is 30.5 Å². The highest BCUT2D eigenvalue weighted by Gasteiger charge is 2.14. The van der Waals surface area contributed by atoms with Crippen molar-refractivity contribution in [3.63, 3.8) is 0 Å². The highest BCUT2D eigenvalue weighted by molar-refractivity contribution is 7.58. The van der Waals surface area contributed by atoms with Gasteiger partial charge in [0.1, 0.15) is 0 Å². The van der Waals surface area contributed by atoms with Gasteiger partial charge in [0.05, 0.1) is 6.61 Å². The van der Waals surface area contributed by atoms with E-state index in [1.807, 2.05) is 0 Å². The van der Waals surface area contributed by atoms with E-state index in [0.29, 0.717) is 19.2 Å². The summed E-state index contributed by atoms with van der Waals surface area (Å²) in [6.07, 6.45) is 0.834. The number of carboxylic acids is 1. The number of rotatable bonds is 6. The van der Waals surface area contributed by atoms with Crippen LogP contribution in [0.4, 0.5) is 0 Å². The molecular weight excluding hydrogens is 179 g/mol. The van der Waals surface area contributed by atoms with Gasteiger partial charge in [-0.15, -0.1) is 0 Å². The molecule has 0 fully saturated rings. The van der Waals surface area contributed by atoms with Crippen molar-refractivity contribution in [2.24, 2.45) is 0 Å². The molecule has 1 atom stereocenters. The van der Waals surface area contributed by atoms with Gasteiger partial charge in [-0.25, -0.2) is 0 Å². The monoisotopic (exact) mass is 194 g/mol. The molecule has 0 amide bonds. The SMILES string of the molecule is CCOP(C)(=O)CCCC(=O)O. The minimum atomic E-state index is -2.51. The third-order valence-electron chi connectivity index (χ3n) is 1.36. The topological polar surface area (TPSA) is 63.6 Å². The van der Waals surface area contributed by atoms with Crippen LogP contribution in [0.5, 0.6) is 0 Å². The van der Waals surface area contributed by atoms with Crippen LogP contribution in [0.15, 0.2) is 0 Å². The Morgan fingerprint density at radius 2 is 2.17 bits per heavy atom. The number of hydrogen-bond donors (Lipinski definition) is 1. The summed E-state index contributed by atoms with van der Waals surface area (Å²) in [6.45, 7) is 3.73. The Kier molecular flexibility index (Phi) is 5.18. The highest BCUT2D eigenvalue weighted by Crippen LogP contribution is 2.42. The van der Waals surface area contributed by atoms with Crippen LogP contribution < -0.4 is 0 Å². The molecule has 0 radical (unpaired) electrons. The summed E-state index contributed by atoms with van der Waals surface area (Å²) < 4.78 is 16.4. The van der Waals surface area contributed by atoms with Crippen molar-refractivity contribution < 1.29 is 19.0 Å². The van der Waals surface area contributed by atoms with Crippen molar-refractivity contribution >= 4 is 13.3 Å². The Labute approximate surface area is 72.4 Å². The first kappa shape index (κ1) is 11.7. The van der Waals surface area contributed by atoms with Gasteiger partial charge in [0, 0.05) is 19.2 Å². The Morgan fingerprint density at radius 1 is 1.58 bits per heavy atom. The molecule has 0 saturated heterocycles. The Morgan fingerprint density at radius 3 is 2.58 bits per heavy atom. The van der Waals surface area contributed by atoms with Crippen LogP contribution in [-0.2, 0) is 13.9 Å². The van der Waals surface area contributed by atoms with Crippen molar-refractivity contribution in [3.05, 3.63) is 0 Å². The van der Waals surface area contributed by atoms with Crippen LogP contribution in [0.3, 0.4) is 0 Å². The fourth-order valence-corrected chi connectivity index (χ4v) is 2.26. The van der Waals surface area contributed by atoms with Crippen LogP contribution in [0.2, 0.25) is 0 Å². The van der Waals surface area contributed by atoms with E-state index >= 15 is 0 Å². The fraction of sp³-hybridized carbons (Fsp3) is 0.857. The van der Waals surface area contributed by atoms with Crippen LogP contribution in [0.1, 0.15) is 19.8 Å². The lowest BCUT2D eigenvalue weighted by molar-refractivity contribution is -0.137. The normalized spacial score (nSPS) is 15.5. The number of carbonyl (C=O) groups is 1. The number of carboxylic acid groups (broad SMARTS) is 1. The fourth-order valence-electron chi connectivity index (χ4n) is 0.855. The maximum absolute atomic E-state index is 11.4. The van der Waals surface area contributed by atoms with Gasteiger partial charge in [-0.2, -0.15) is 0 Å². The molecular formula is C7H15O4P. The molecule has 72 valence electrons. The van der Waals surface area contributed by atoms with E-state index in [2.05, 4.69) is 0 Å². The van der Waals surface area contributed by atoms with E-state index in [9.17, 15) is 9.36 Å². The van der Waals surface area contributed by atoms with E-state index in [0.717, 1.165) is 0 Å². The molecule has 0 bridgehead atoms. The number of hydrogen-bond acceptors (Lipinski definition) is 3. The van der Waals surface area contributed by atoms with E-state index in [-0.39, 0.29) is 6.42 Å². The zero-order valence-corrected chi connectivity index (χ0v) is 8.34. The minimum Gasteiger partial charge on any atom is -0.481 e. The second-order valence-corrected chi connectivity index (χ2v) is 5.39. The second kappa shape index (κ2) is 5.33. The van der Waals surface area contributed by atoms with E-state index in [1.54, 1.807) is 13.6 Å². The average Bonchev–Trinajstić information content (AvgIpc) is 1.85. The predicted molar refractivity (Wildman–Crippen MR) is 46.9 cm³/mol. The van der Waals surface area contributed by atoms with Gasteiger partial charge in [-0.3, -0.25) is 9.36 Å². The van der Waals surface area contributed by atoms with E-state index in [1.165, 1.54) is 0 Å². The predicted octanol–water partition coefficient (Wildman–Crippen LogP) is 1.80. The molecule has 0 heterocycles. The Hall–Kier alpha value is -0.340. The molecule has 1 N–H and O–H groups in total. The molecule has 5 heteroatoms. The molecule has 0 aromatic rings. The largest absolute Gasteiger partial charge is 0.481 e. The van der Waals surface area contributed by atoms with Crippen molar-refractivity contribution in [2.45, 2.75) is 19.8 Å². The lowest BCUT2D eigenvalue weighted by atomic mass is 10.3. The van der Waals surface area contributed by atoms with Gasteiger partial charge < -0.3 is 9.63 Å². The van der Waals surface area contributed by atoms with Crippen LogP contribution in [0.25, 0.3) is 0 Å². The molecule has 0 aromatic carbocycles. The molecule has 4 nitrogen and oxygen atoms in total. The van der Waals surface area contributed by atoms with Gasteiger partial charge in [0.25, 0.3) is 0 Å². The van der Waals surface area contributed by atoms with Crippen LogP contribution >= 0.6 is 7.37 Å². The Balaban J connectivity index is 3.61. The van der Waals surface area contributed by atoms with Gasteiger partial charge >= 0.3 is 5.97 Å². The first-order chi connectivity index (χ1) is 5.48. The van der Waals surface area contributed by atoms with Gasteiger partial charge in [-0.1, -0.05) is 0 Å². The summed E-state index contributed by atoms with van der Waals surface area (Å²) >= 11 is 0. The lowest BCUT2D eigenvalue weighted by Crippen LogP contribution is -1.99. The Bertz CT molecular complexity index is 190. The average molecular weight is 194 g/mol. The minimum absolute atomic E-state index is 0.0604. The first-order valence-electron chi connectivity index (χ1n) is 3.91. The molecule has 0 aliphatic heterocycles. The molecule has 0 spiro atoms. The zero-order chi connectivity index (χ0) is 9.61. The first-order valence-corrected chi connectivity index (χ1v) is 6.16. The summed E-state index contributed by atoms with van der Waals surface area (Å²) in [5.74, 6) is -0.855. The summed E-state index contributed by atoms with van der Waals surface area (Å²) in [5.41, 5.74) is 0. The molecule has 0 aromatic heterocycles. The standard InChI is InChI=1S/C7H15O4P/c1-3-11-12(2,10)6-4-5-7(8)9/h3-6H2,1-2H3,(H,8,9). The van der Waals surface area contributed by atoms with Crippen molar-refractivity contribution in [2.75, 3.05) is 19.4 Å². The van der Waals surface area contributed by atoms with Gasteiger partial charge in [0.15, 0.2) is 7.37 Å². The zero-order valence-electron chi connectivity index (χ0n) is 7.45. The van der Waals surface area contributed by atoms with E-state index < -0.39 is 13.3 Å². The molecule has 0 saturated carbocycles. The smallest absolute Gasteiger partial charge is 0.303 e. The summed E-state index contributed by atoms with van der Waals surface area (Å²) in [4.78, 5) is 10.1. The second-order valence-electron chi connectivity index (χ2n) is 2.65. The van der Waals surface area contributed by atoms with Crippen LogP contribution in [0, 0.1) is 0 Å². The van der Waals surface area contributed by atoms with Crippen molar-refractivity contribution in [3.8, 4) is 0 Å². The highest BCUT2D eigenvalue weighted by atomic mass is 31.2. The number of aliphatic carboxylic acids is 1. The van der Waals surface area contributed by atoms with E-state index in [4.69, 9.17) is 9.63 Å². The molecule has 0 aliphatic carbocycles. The van der Waals surface area contributed by atoms with Crippen molar-refractivity contribution in [1.82, 2.24) is 0 Å². The molecule has 12 heavy (non-hydrogen) atoms. The molecule has 0 rings (SSSR count).